The number of aliphatic hydroxyl groups is 1. The first kappa shape index (κ1) is 14.5. The van der Waals surface area contributed by atoms with Crippen molar-refractivity contribution in [2.24, 2.45) is 5.92 Å². The van der Waals surface area contributed by atoms with E-state index in [9.17, 15) is 5.11 Å². The van der Waals surface area contributed by atoms with Crippen LogP contribution in [0.4, 0.5) is 0 Å². The molecule has 5 heteroatoms. The Morgan fingerprint density at radius 1 is 1.47 bits per heavy atom. The maximum Gasteiger partial charge on any atom is 0.243 e. The maximum absolute atomic E-state index is 9.29. The SMILES string of the molecule is CC(c1nc(C(C)(C)C)no1)N1CCCC(CO)C1. The Bertz CT molecular complexity index is 411. The summed E-state index contributed by atoms with van der Waals surface area (Å²) in [6, 6.07) is 0.123. The lowest BCUT2D eigenvalue weighted by Gasteiger charge is -2.34. The molecule has 2 heterocycles. The highest BCUT2D eigenvalue weighted by atomic mass is 16.5. The number of hydrogen-bond donors (Lipinski definition) is 1. The molecule has 108 valence electrons. The number of hydrogen-bond acceptors (Lipinski definition) is 5. The molecule has 1 aliphatic rings. The van der Waals surface area contributed by atoms with Gasteiger partial charge in [-0.15, -0.1) is 0 Å². The minimum atomic E-state index is -0.0863. The van der Waals surface area contributed by atoms with E-state index in [1.54, 1.807) is 0 Å². The van der Waals surface area contributed by atoms with Crippen molar-refractivity contribution in [3.05, 3.63) is 11.7 Å². The summed E-state index contributed by atoms with van der Waals surface area (Å²) < 4.78 is 5.41. The zero-order chi connectivity index (χ0) is 14.0. The number of nitrogens with zero attached hydrogens (tertiary/aromatic N) is 3. The van der Waals surface area contributed by atoms with Crippen molar-refractivity contribution in [2.45, 2.75) is 52.0 Å². The van der Waals surface area contributed by atoms with Gasteiger partial charge in [0.05, 0.1) is 6.04 Å². The van der Waals surface area contributed by atoms with Gasteiger partial charge in [0.2, 0.25) is 5.89 Å². The van der Waals surface area contributed by atoms with Crippen molar-refractivity contribution in [1.82, 2.24) is 15.0 Å². The second-order valence-corrected chi connectivity index (χ2v) is 6.57. The standard InChI is InChI=1S/C14H25N3O2/c1-10(17-7-5-6-11(8-17)9-18)12-15-13(16-19-12)14(2,3)4/h10-11,18H,5-9H2,1-4H3. The predicted octanol–water partition coefficient (Wildman–Crippen LogP) is 2.13. The second-order valence-electron chi connectivity index (χ2n) is 6.57. The molecular formula is C14H25N3O2. The summed E-state index contributed by atoms with van der Waals surface area (Å²) in [5.41, 5.74) is -0.0863. The molecule has 2 rings (SSSR count). The molecule has 5 nitrogen and oxygen atoms in total. The van der Waals surface area contributed by atoms with Gasteiger partial charge in [0.1, 0.15) is 0 Å². The number of aromatic nitrogens is 2. The lowest BCUT2D eigenvalue weighted by Crippen LogP contribution is -2.38. The zero-order valence-corrected chi connectivity index (χ0v) is 12.4. The van der Waals surface area contributed by atoms with Gasteiger partial charge in [0.15, 0.2) is 5.82 Å². The first-order valence-corrected chi connectivity index (χ1v) is 7.11. The quantitative estimate of drug-likeness (QED) is 0.909. The summed E-state index contributed by atoms with van der Waals surface area (Å²) >= 11 is 0. The molecule has 2 unspecified atom stereocenters. The van der Waals surface area contributed by atoms with E-state index in [2.05, 4.69) is 42.7 Å². The summed E-state index contributed by atoms with van der Waals surface area (Å²) in [6.07, 6.45) is 2.23. The molecule has 0 amide bonds. The number of likely N-dealkylation sites (tertiary alicyclic amines) is 1. The van der Waals surface area contributed by atoms with Crippen molar-refractivity contribution in [3.8, 4) is 0 Å². The predicted molar refractivity (Wildman–Crippen MR) is 72.8 cm³/mol. The van der Waals surface area contributed by atoms with Gasteiger partial charge in [0.25, 0.3) is 0 Å². The van der Waals surface area contributed by atoms with Crippen LogP contribution in [0.5, 0.6) is 0 Å². The molecule has 1 fully saturated rings. The van der Waals surface area contributed by atoms with Gasteiger partial charge < -0.3 is 9.63 Å². The molecule has 0 radical (unpaired) electrons. The molecular weight excluding hydrogens is 242 g/mol. The maximum atomic E-state index is 9.29. The molecule has 0 aromatic carbocycles. The van der Waals surface area contributed by atoms with Crippen LogP contribution in [0.25, 0.3) is 0 Å². The van der Waals surface area contributed by atoms with E-state index in [0.29, 0.717) is 11.8 Å². The van der Waals surface area contributed by atoms with Gasteiger partial charge >= 0.3 is 0 Å². The highest BCUT2D eigenvalue weighted by Gasteiger charge is 2.29. The van der Waals surface area contributed by atoms with Crippen LogP contribution in [0.1, 0.15) is 58.3 Å². The zero-order valence-electron chi connectivity index (χ0n) is 12.4. The van der Waals surface area contributed by atoms with Crippen molar-refractivity contribution in [2.75, 3.05) is 19.7 Å². The van der Waals surface area contributed by atoms with Crippen molar-refractivity contribution in [1.29, 1.82) is 0 Å². The monoisotopic (exact) mass is 267 g/mol. The molecule has 1 N–H and O–H groups in total. The van der Waals surface area contributed by atoms with Crippen LogP contribution in [0, 0.1) is 5.92 Å². The van der Waals surface area contributed by atoms with E-state index in [1.165, 1.54) is 0 Å². The molecule has 1 aliphatic heterocycles. The van der Waals surface area contributed by atoms with Crippen LogP contribution in [-0.2, 0) is 5.41 Å². The number of piperidine rings is 1. The normalized spacial score (nSPS) is 23.5. The van der Waals surface area contributed by atoms with Gasteiger partial charge in [-0.05, 0) is 32.2 Å². The first-order chi connectivity index (χ1) is 8.91. The summed E-state index contributed by atoms with van der Waals surface area (Å²) in [5, 5.41) is 13.4. The Morgan fingerprint density at radius 3 is 2.79 bits per heavy atom. The Morgan fingerprint density at radius 2 is 2.21 bits per heavy atom. The van der Waals surface area contributed by atoms with E-state index in [-0.39, 0.29) is 18.1 Å². The number of aliphatic hydroxyl groups excluding tert-OH is 1. The summed E-state index contributed by atoms with van der Waals surface area (Å²) in [5.74, 6) is 1.81. The van der Waals surface area contributed by atoms with E-state index in [4.69, 9.17) is 4.52 Å². The third-order valence-electron chi connectivity index (χ3n) is 3.83. The third-order valence-corrected chi connectivity index (χ3v) is 3.83. The topological polar surface area (TPSA) is 62.4 Å². The molecule has 19 heavy (non-hydrogen) atoms. The average molecular weight is 267 g/mol. The van der Waals surface area contributed by atoms with E-state index < -0.39 is 0 Å². The van der Waals surface area contributed by atoms with Gasteiger partial charge in [0, 0.05) is 18.6 Å². The van der Waals surface area contributed by atoms with Crippen LogP contribution in [0.3, 0.4) is 0 Å². The van der Waals surface area contributed by atoms with Crippen LogP contribution in [0.2, 0.25) is 0 Å². The van der Waals surface area contributed by atoms with Gasteiger partial charge in [-0.1, -0.05) is 25.9 Å². The average Bonchev–Trinajstić information content (AvgIpc) is 2.87. The second kappa shape index (κ2) is 5.59. The fraction of sp³-hybridized carbons (Fsp3) is 0.857. The van der Waals surface area contributed by atoms with Gasteiger partial charge in [-0.25, -0.2) is 0 Å². The van der Waals surface area contributed by atoms with Gasteiger partial charge in [-0.2, -0.15) is 4.98 Å². The molecule has 1 aromatic heterocycles. The van der Waals surface area contributed by atoms with Crippen LogP contribution >= 0.6 is 0 Å². The van der Waals surface area contributed by atoms with Crippen molar-refractivity contribution >= 4 is 0 Å². The van der Waals surface area contributed by atoms with Crippen LogP contribution < -0.4 is 0 Å². The van der Waals surface area contributed by atoms with Crippen LogP contribution in [-0.4, -0.2) is 39.8 Å². The molecule has 1 saturated heterocycles. The Balaban J connectivity index is 2.06. The lowest BCUT2D eigenvalue weighted by molar-refractivity contribution is 0.0810. The minimum absolute atomic E-state index is 0.0863. The van der Waals surface area contributed by atoms with Gasteiger partial charge in [-0.3, -0.25) is 4.90 Å². The first-order valence-electron chi connectivity index (χ1n) is 7.11. The molecule has 0 aliphatic carbocycles. The highest BCUT2D eigenvalue weighted by molar-refractivity contribution is 5.02. The summed E-state index contributed by atoms with van der Waals surface area (Å²) in [4.78, 5) is 6.85. The molecule has 2 atom stereocenters. The summed E-state index contributed by atoms with van der Waals surface area (Å²) in [6.45, 7) is 10.5. The minimum Gasteiger partial charge on any atom is -0.396 e. The lowest BCUT2D eigenvalue weighted by atomic mass is 9.96. The fourth-order valence-electron chi connectivity index (χ4n) is 2.46. The third kappa shape index (κ3) is 3.34. The molecule has 0 saturated carbocycles. The molecule has 1 aromatic rings. The smallest absolute Gasteiger partial charge is 0.243 e. The van der Waals surface area contributed by atoms with E-state index in [0.717, 1.165) is 31.8 Å². The van der Waals surface area contributed by atoms with Crippen molar-refractivity contribution < 1.29 is 9.63 Å². The number of rotatable bonds is 3. The Labute approximate surface area is 115 Å². The largest absolute Gasteiger partial charge is 0.396 e. The van der Waals surface area contributed by atoms with E-state index in [1.807, 2.05) is 0 Å². The van der Waals surface area contributed by atoms with Crippen molar-refractivity contribution in [3.63, 3.8) is 0 Å². The highest BCUT2D eigenvalue weighted by Crippen LogP contribution is 2.27. The molecule has 0 spiro atoms. The summed E-state index contributed by atoms with van der Waals surface area (Å²) in [7, 11) is 0. The van der Waals surface area contributed by atoms with E-state index >= 15 is 0 Å². The Hall–Kier alpha value is -0.940. The Kier molecular flexibility index (Phi) is 4.26. The van der Waals surface area contributed by atoms with Crippen LogP contribution in [0.15, 0.2) is 4.52 Å². The fourth-order valence-corrected chi connectivity index (χ4v) is 2.46. The molecule has 0 bridgehead atoms.